The van der Waals surface area contributed by atoms with Crippen molar-refractivity contribution in [3.05, 3.63) is 112 Å². The fourth-order valence-corrected chi connectivity index (χ4v) is 7.76. The number of allylic oxidation sites excluding steroid dienone is 7. The monoisotopic (exact) mass is 825 g/mol. The Labute approximate surface area is 344 Å². The van der Waals surface area contributed by atoms with Crippen LogP contribution in [-0.2, 0) is 9.53 Å². The summed E-state index contributed by atoms with van der Waals surface area (Å²) < 4.78 is 9.36. The van der Waals surface area contributed by atoms with E-state index in [1.54, 1.807) is 79.8 Å². The van der Waals surface area contributed by atoms with Crippen LogP contribution in [0, 0.1) is 17.8 Å². The molecule has 0 radical (unpaired) electrons. The van der Waals surface area contributed by atoms with E-state index in [0.29, 0.717) is 5.69 Å². The van der Waals surface area contributed by atoms with E-state index in [1.165, 1.54) is 27.6 Å². The van der Waals surface area contributed by atoms with E-state index < -0.39 is 90.3 Å². The lowest BCUT2D eigenvalue weighted by atomic mass is 9.88. The fourth-order valence-electron chi connectivity index (χ4n) is 7.76. The first-order valence-electron chi connectivity index (χ1n) is 20.5. The van der Waals surface area contributed by atoms with Crippen molar-refractivity contribution in [3.63, 3.8) is 0 Å². The Morgan fingerprint density at radius 2 is 1.14 bits per heavy atom. The fraction of sp³-hybridized carbons (Fsp3) is 0.568. The summed E-state index contributed by atoms with van der Waals surface area (Å²) in [5, 5.41) is 85.7. The Kier molecular flexibility index (Phi) is 18.0. The van der Waals surface area contributed by atoms with E-state index >= 15 is 0 Å². The molecular formula is C44H63N3O12. The molecular weight excluding hydrogens is 762 g/mol. The van der Waals surface area contributed by atoms with Gasteiger partial charge in [0.2, 0.25) is 0 Å². The SMILES string of the molecule is CC(C)[C@@H]1OC(=O)\C=C/C=C\C=C/C2C=CC(C[C@H](O)[C@H](C)[C@H](O)C[C@H](O)C[C@H](O)CC(O)C[C@H](O)C[C@@H](O)C[C@@H](O)C=C[C@@H]1C)n1c(=O)n(-c3ccccc3)c(=O)n12. The van der Waals surface area contributed by atoms with Gasteiger partial charge in [-0.25, -0.2) is 28.3 Å². The highest BCUT2D eigenvalue weighted by Gasteiger charge is 2.33. The topological polar surface area (TPSA) is 237 Å². The van der Waals surface area contributed by atoms with Gasteiger partial charge in [-0.2, -0.15) is 0 Å². The Morgan fingerprint density at radius 3 is 1.75 bits per heavy atom. The van der Waals surface area contributed by atoms with Crippen molar-refractivity contribution < 1.29 is 50.4 Å². The molecule has 0 amide bonds. The first-order chi connectivity index (χ1) is 28.0. The molecule has 15 nitrogen and oxygen atoms in total. The van der Waals surface area contributed by atoms with Gasteiger partial charge in [-0.05, 0) is 56.6 Å². The second-order valence-corrected chi connectivity index (χ2v) is 16.4. The first kappa shape index (κ1) is 47.5. The molecule has 326 valence electrons. The van der Waals surface area contributed by atoms with Crippen LogP contribution < -0.4 is 11.4 Å². The summed E-state index contributed by atoms with van der Waals surface area (Å²) in [7, 11) is 0. The summed E-state index contributed by atoms with van der Waals surface area (Å²) >= 11 is 0. The Balaban J connectivity index is 1.61. The maximum absolute atomic E-state index is 13.9. The number of rotatable bonds is 2. The van der Waals surface area contributed by atoms with Crippen molar-refractivity contribution in [2.75, 3.05) is 0 Å². The van der Waals surface area contributed by atoms with Gasteiger partial charge in [0.05, 0.1) is 66.6 Å². The van der Waals surface area contributed by atoms with Crippen molar-refractivity contribution in [1.29, 1.82) is 0 Å². The molecule has 13 atom stereocenters. The molecule has 3 heterocycles. The third-order valence-electron chi connectivity index (χ3n) is 11.0. The second kappa shape index (κ2) is 22.4. The number of benzene rings is 1. The van der Waals surface area contributed by atoms with Gasteiger partial charge in [0.25, 0.3) is 0 Å². The van der Waals surface area contributed by atoms with Gasteiger partial charge in [0.15, 0.2) is 0 Å². The lowest BCUT2D eigenvalue weighted by molar-refractivity contribution is -0.147. The van der Waals surface area contributed by atoms with Crippen LogP contribution >= 0.6 is 0 Å². The first-order valence-corrected chi connectivity index (χ1v) is 20.5. The number of nitrogens with zero attached hydrogens (tertiary/aromatic N) is 3. The van der Waals surface area contributed by atoms with Crippen LogP contribution in [0.5, 0.6) is 0 Å². The largest absolute Gasteiger partial charge is 0.458 e. The minimum absolute atomic E-state index is 0.0578. The van der Waals surface area contributed by atoms with Crippen molar-refractivity contribution in [2.45, 2.75) is 140 Å². The molecule has 59 heavy (non-hydrogen) atoms. The molecule has 2 aliphatic rings. The van der Waals surface area contributed by atoms with Gasteiger partial charge in [-0.3, -0.25) is 0 Å². The normalized spacial score (nSPS) is 35.5. The van der Waals surface area contributed by atoms with E-state index in [-0.39, 0.29) is 56.8 Å². The molecule has 0 spiro atoms. The van der Waals surface area contributed by atoms with Gasteiger partial charge in [-0.1, -0.05) is 101 Å². The molecule has 0 aliphatic carbocycles. The third-order valence-corrected chi connectivity index (χ3v) is 11.0. The van der Waals surface area contributed by atoms with Crippen molar-refractivity contribution in [2.24, 2.45) is 17.8 Å². The van der Waals surface area contributed by atoms with E-state index in [0.717, 1.165) is 4.57 Å². The zero-order valence-corrected chi connectivity index (χ0v) is 34.2. The number of aromatic nitrogens is 3. The molecule has 2 aromatic rings. The Bertz CT molecular complexity index is 1900. The maximum atomic E-state index is 13.9. The van der Waals surface area contributed by atoms with Crippen LogP contribution in [-0.4, -0.2) is 116 Å². The minimum Gasteiger partial charge on any atom is -0.458 e. The highest BCUT2D eigenvalue weighted by molar-refractivity contribution is 5.82. The predicted octanol–water partition coefficient (Wildman–Crippen LogP) is 2.15. The Morgan fingerprint density at radius 1 is 0.593 bits per heavy atom. The molecule has 0 saturated carbocycles. The number of aliphatic hydroxyl groups excluding tert-OH is 8. The van der Waals surface area contributed by atoms with Crippen LogP contribution in [0.15, 0.2) is 101 Å². The molecule has 2 bridgehead atoms. The van der Waals surface area contributed by atoms with Crippen LogP contribution in [0.25, 0.3) is 5.69 Å². The standard InChI is InChI=1S/C44H63N3O12/c1-27(2)42-28(3)16-19-33(48)21-34(49)22-35(50)23-36(51)24-37(52)25-38(53)26-40(55)29(4)39(54)20-32-18-17-31(14-8-5-6-11-15-41(56)59-42)46-43(57)45(44(58)47(32)46)30-12-9-7-10-13-30/h5-19,27-29,31-40,42,48-55H,20-26H2,1-4H3/b6-5-,14-8-,15-11-,19-16?/t28-,29-,31?,32?,33-,34-,35+,36?,37+,38+,39-,40+,42-/m0/s1. The number of fused-ring (bicyclic) bond motifs is 5. The van der Waals surface area contributed by atoms with Gasteiger partial charge in [-0.15, -0.1) is 0 Å². The molecule has 3 unspecified atom stereocenters. The molecule has 4 rings (SSSR count). The summed E-state index contributed by atoms with van der Waals surface area (Å²) in [6.45, 7) is 7.22. The lowest BCUT2D eigenvalue weighted by Gasteiger charge is -2.31. The van der Waals surface area contributed by atoms with Crippen LogP contribution in [0.2, 0.25) is 0 Å². The number of hydrogen-bond donors (Lipinski definition) is 8. The summed E-state index contributed by atoms with van der Waals surface area (Å²) in [5.74, 6) is -1.75. The highest BCUT2D eigenvalue weighted by Crippen LogP contribution is 2.28. The second-order valence-electron chi connectivity index (χ2n) is 16.4. The molecule has 1 aromatic carbocycles. The number of ether oxygens (including phenoxy) is 1. The highest BCUT2D eigenvalue weighted by atomic mass is 16.5. The average Bonchev–Trinajstić information content (AvgIpc) is 3.43. The van der Waals surface area contributed by atoms with E-state index in [9.17, 15) is 55.2 Å². The van der Waals surface area contributed by atoms with E-state index in [2.05, 4.69) is 0 Å². The number of aliphatic hydroxyl groups is 8. The number of cyclic esters (lactones) is 1. The lowest BCUT2D eigenvalue weighted by Crippen LogP contribution is -2.39. The summed E-state index contributed by atoms with van der Waals surface area (Å²) in [6.07, 6.45) is 5.10. The van der Waals surface area contributed by atoms with Crippen LogP contribution in [0.3, 0.4) is 0 Å². The third kappa shape index (κ3) is 13.7. The van der Waals surface area contributed by atoms with Crippen molar-refractivity contribution in [3.8, 4) is 5.69 Å². The smallest absolute Gasteiger partial charge is 0.352 e. The molecule has 15 heteroatoms. The number of esters is 1. The Hall–Kier alpha value is -4.19. The molecule has 2 aliphatic heterocycles. The molecule has 0 saturated heterocycles. The van der Waals surface area contributed by atoms with Crippen molar-refractivity contribution >= 4 is 5.97 Å². The van der Waals surface area contributed by atoms with Gasteiger partial charge in [0.1, 0.15) is 6.10 Å². The average molecular weight is 826 g/mol. The number of para-hydroxylation sites is 1. The number of hydrogen-bond acceptors (Lipinski definition) is 12. The van der Waals surface area contributed by atoms with E-state index in [1.807, 2.05) is 20.8 Å². The maximum Gasteiger partial charge on any atom is 0.352 e. The summed E-state index contributed by atoms with van der Waals surface area (Å²) in [6, 6.07) is 6.96. The van der Waals surface area contributed by atoms with Crippen LogP contribution in [0.4, 0.5) is 0 Å². The van der Waals surface area contributed by atoms with Crippen molar-refractivity contribution in [1.82, 2.24) is 13.9 Å². The quantitative estimate of drug-likeness (QED) is 0.161. The summed E-state index contributed by atoms with van der Waals surface area (Å²) in [5.41, 5.74) is -0.868. The van der Waals surface area contributed by atoms with E-state index in [4.69, 9.17) is 4.74 Å². The molecule has 8 N–H and O–H groups in total. The predicted molar refractivity (Wildman–Crippen MR) is 221 cm³/mol. The van der Waals surface area contributed by atoms with Gasteiger partial charge in [0, 0.05) is 24.3 Å². The van der Waals surface area contributed by atoms with Gasteiger partial charge >= 0.3 is 17.3 Å². The minimum atomic E-state index is -1.22. The zero-order chi connectivity index (χ0) is 43.4. The van der Waals surface area contributed by atoms with Gasteiger partial charge < -0.3 is 45.6 Å². The summed E-state index contributed by atoms with van der Waals surface area (Å²) in [4.78, 5) is 40.6. The molecule has 0 fully saturated rings. The van der Waals surface area contributed by atoms with Crippen LogP contribution in [0.1, 0.15) is 84.7 Å². The molecule has 1 aromatic heterocycles. The number of carbonyl (C=O) groups excluding carboxylic acids is 1. The zero-order valence-electron chi connectivity index (χ0n) is 34.2. The number of carbonyl (C=O) groups is 1.